The fourth-order valence-electron chi connectivity index (χ4n) is 5.79. The Morgan fingerprint density at radius 3 is 2.73 bits per heavy atom. The van der Waals surface area contributed by atoms with Crippen molar-refractivity contribution in [3.05, 3.63) is 0 Å². The number of carbonyl (C=O) groups excluding carboxylic acids is 1. The molecule has 126 valence electrons. The number of hydrogen-bond acceptors (Lipinski definition) is 2. The van der Waals surface area contributed by atoms with Crippen molar-refractivity contribution in [3.63, 3.8) is 0 Å². The molecule has 1 spiro atoms. The fourth-order valence-corrected chi connectivity index (χ4v) is 5.79. The second kappa shape index (κ2) is 5.51. The summed E-state index contributed by atoms with van der Waals surface area (Å²) in [6.07, 6.45) is 6.49. The second-order valence-electron chi connectivity index (χ2n) is 8.84. The van der Waals surface area contributed by atoms with E-state index in [1.807, 2.05) is 13.8 Å². The van der Waals surface area contributed by atoms with Crippen molar-refractivity contribution in [2.45, 2.75) is 78.9 Å². The maximum Gasteiger partial charge on any atom is 0.222 e. The van der Waals surface area contributed by atoms with E-state index >= 15 is 0 Å². The predicted octanol–water partition coefficient (Wildman–Crippen LogP) is 3.77. The van der Waals surface area contributed by atoms with Crippen LogP contribution in [0.2, 0.25) is 0 Å². The Bertz CT molecular complexity index is 443. The van der Waals surface area contributed by atoms with Gasteiger partial charge in [0.15, 0.2) is 0 Å². The van der Waals surface area contributed by atoms with E-state index in [1.165, 1.54) is 25.7 Å². The van der Waals surface area contributed by atoms with Gasteiger partial charge < -0.3 is 10.1 Å². The first-order valence-corrected chi connectivity index (χ1v) is 9.25. The van der Waals surface area contributed by atoms with E-state index < -0.39 is 0 Å². The number of amides is 1. The molecule has 3 heteroatoms. The normalized spacial score (nSPS) is 42.5. The highest BCUT2D eigenvalue weighted by Gasteiger charge is 2.68. The van der Waals surface area contributed by atoms with Crippen LogP contribution >= 0.6 is 0 Å². The molecule has 0 radical (unpaired) electrons. The van der Waals surface area contributed by atoms with Crippen LogP contribution in [0, 0.1) is 28.6 Å². The van der Waals surface area contributed by atoms with Gasteiger partial charge in [0.2, 0.25) is 5.91 Å². The molecule has 1 N–H and O–H groups in total. The number of carbonyl (C=O) groups is 1. The Morgan fingerprint density at radius 2 is 2.09 bits per heavy atom. The quantitative estimate of drug-likeness (QED) is 0.858. The minimum atomic E-state index is 0.0658. The van der Waals surface area contributed by atoms with Crippen molar-refractivity contribution in [1.29, 1.82) is 0 Å². The lowest BCUT2D eigenvalue weighted by Gasteiger charge is -2.53. The van der Waals surface area contributed by atoms with Crippen molar-refractivity contribution < 1.29 is 9.53 Å². The zero-order chi connectivity index (χ0) is 16.1. The maximum absolute atomic E-state index is 12.4. The molecule has 2 aliphatic carbocycles. The predicted molar refractivity (Wildman–Crippen MR) is 88.5 cm³/mol. The van der Waals surface area contributed by atoms with Crippen LogP contribution in [0.3, 0.4) is 0 Å². The summed E-state index contributed by atoms with van der Waals surface area (Å²) in [5, 5.41) is 3.46. The van der Waals surface area contributed by atoms with Gasteiger partial charge in [0, 0.05) is 18.6 Å². The van der Waals surface area contributed by atoms with Crippen LogP contribution < -0.4 is 5.32 Å². The van der Waals surface area contributed by atoms with Gasteiger partial charge in [-0.15, -0.1) is 0 Å². The highest BCUT2D eigenvalue weighted by atomic mass is 16.5. The first-order chi connectivity index (χ1) is 10.3. The summed E-state index contributed by atoms with van der Waals surface area (Å²) in [5.74, 6) is 1.67. The van der Waals surface area contributed by atoms with Crippen LogP contribution in [0.4, 0.5) is 0 Å². The third-order valence-corrected chi connectivity index (χ3v) is 7.01. The van der Waals surface area contributed by atoms with Gasteiger partial charge in [-0.1, -0.05) is 41.0 Å². The molecule has 2 saturated carbocycles. The smallest absolute Gasteiger partial charge is 0.222 e. The number of hydrogen-bond donors (Lipinski definition) is 1. The zero-order valence-electron chi connectivity index (χ0n) is 14.9. The molecule has 1 amide bonds. The summed E-state index contributed by atoms with van der Waals surface area (Å²) < 4.78 is 6.14. The van der Waals surface area contributed by atoms with Gasteiger partial charge in [-0.3, -0.25) is 4.79 Å². The standard InChI is InChI=1S/C19H33NO2/c1-6-7-15-14-10-13-11-19(14,8-9-22-15)17(18(13,4)5)20-16(21)12(2)3/h12-15,17H,6-11H2,1-5H3,(H,20,21)/t13-,14-,15-,17+,19?/m1/s1. The van der Waals surface area contributed by atoms with Gasteiger partial charge in [-0.25, -0.2) is 0 Å². The van der Waals surface area contributed by atoms with Gasteiger partial charge in [0.1, 0.15) is 0 Å². The molecular formula is C19H33NO2. The molecule has 1 saturated heterocycles. The van der Waals surface area contributed by atoms with E-state index in [-0.39, 0.29) is 22.7 Å². The number of ether oxygens (including phenoxy) is 1. The summed E-state index contributed by atoms with van der Waals surface area (Å²) in [5.41, 5.74) is 0.506. The van der Waals surface area contributed by atoms with Gasteiger partial charge in [0.05, 0.1) is 6.10 Å². The van der Waals surface area contributed by atoms with Crippen LogP contribution in [0.25, 0.3) is 0 Å². The molecule has 0 aromatic heterocycles. The lowest BCUT2D eigenvalue weighted by atomic mass is 9.59. The molecule has 1 unspecified atom stereocenters. The monoisotopic (exact) mass is 307 g/mol. The lowest BCUT2D eigenvalue weighted by Crippen LogP contribution is -2.60. The molecule has 2 bridgehead atoms. The largest absolute Gasteiger partial charge is 0.378 e. The molecule has 1 heterocycles. The third kappa shape index (κ3) is 2.23. The Kier molecular flexibility index (Phi) is 4.08. The average molecular weight is 307 g/mol. The zero-order valence-corrected chi connectivity index (χ0v) is 14.9. The van der Waals surface area contributed by atoms with Crippen LogP contribution in [0.5, 0.6) is 0 Å². The molecule has 0 aromatic rings. The van der Waals surface area contributed by atoms with Crippen LogP contribution in [0.15, 0.2) is 0 Å². The maximum atomic E-state index is 12.4. The molecule has 5 atom stereocenters. The summed E-state index contributed by atoms with van der Waals surface area (Å²) in [6.45, 7) is 11.9. The molecule has 1 aliphatic heterocycles. The van der Waals surface area contributed by atoms with E-state index in [2.05, 4.69) is 26.1 Å². The van der Waals surface area contributed by atoms with Crippen LogP contribution in [-0.4, -0.2) is 24.7 Å². The molecule has 22 heavy (non-hydrogen) atoms. The van der Waals surface area contributed by atoms with Gasteiger partial charge in [-0.2, -0.15) is 0 Å². The average Bonchev–Trinajstić information content (AvgIpc) is 2.93. The summed E-state index contributed by atoms with van der Waals surface area (Å²) in [4.78, 5) is 12.4. The van der Waals surface area contributed by atoms with Crippen molar-refractivity contribution in [2.24, 2.45) is 28.6 Å². The molecule has 3 nitrogen and oxygen atoms in total. The molecule has 3 fully saturated rings. The van der Waals surface area contributed by atoms with Gasteiger partial charge in [0.25, 0.3) is 0 Å². The van der Waals surface area contributed by atoms with E-state index in [9.17, 15) is 4.79 Å². The number of fused-ring (bicyclic) bond motifs is 1. The lowest BCUT2D eigenvalue weighted by molar-refractivity contribution is -0.139. The molecule has 3 rings (SSSR count). The van der Waals surface area contributed by atoms with Crippen LogP contribution in [0.1, 0.15) is 66.7 Å². The fraction of sp³-hybridized carbons (Fsp3) is 0.947. The van der Waals surface area contributed by atoms with Gasteiger partial charge in [-0.05, 0) is 48.3 Å². The summed E-state index contributed by atoms with van der Waals surface area (Å²) in [7, 11) is 0. The minimum absolute atomic E-state index is 0.0658. The first kappa shape index (κ1) is 16.3. The first-order valence-electron chi connectivity index (χ1n) is 9.25. The highest BCUT2D eigenvalue weighted by Crippen LogP contribution is 2.68. The Balaban J connectivity index is 1.89. The molecule has 3 aliphatic rings. The summed E-state index contributed by atoms with van der Waals surface area (Å²) in [6, 6.07) is 0.321. The van der Waals surface area contributed by atoms with Crippen LogP contribution in [-0.2, 0) is 9.53 Å². The van der Waals surface area contributed by atoms with E-state index in [0.29, 0.717) is 18.1 Å². The van der Waals surface area contributed by atoms with Crippen molar-refractivity contribution in [1.82, 2.24) is 5.32 Å². The molecular weight excluding hydrogens is 274 g/mol. The van der Waals surface area contributed by atoms with E-state index in [0.717, 1.165) is 18.9 Å². The Hall–Kier alpha value is -0.570. The van der Waals surface area contributed by atoms with Crippen molar-refractivity contribution >= 4 is 5.91 Å². The number of rotatable bonds is 4. The SMILES string of the molecule is CCC[C@H]1OCCC23C[C@@H](C[C@H]12)C(C)(C)[C@@H]3NC(=O)C(C)C. The van der Waals surface area contributed by atoms with Gasteiger partial charge >= 0.3 is 0 Å². The van der Waals surface area contributed by atoms with E-state index in [4.69, 9.17) is 4.74 Å². The Labute approximate surface area is 135 Å². The Morgan fingerprint density at radius 1 is 1.36 bits per heavy atom. The summed E-state index contributed by atoms with van der Waals surface area (Å²) >= 11 is 0. The minimum Gasteiger partial charge on any atom is -0.378 e. The van der Waals surface area contributed by atoms with E-state index in [1.54, 1.807) is 0 Å². The van der Waals surface area contributed by atoms with Crippen molar-refractivity contribution in [2.75, 3.05) is 6.61 Å². The topological polar surface area (TPSA) is 38.3 Å². The van der Waals surface area contributed by atoms with Crippen molar-refractivity contribution in [3.8, 4) is 0 Å². The molecule has 0 aromatic carbocycles. The number of nitrogens with one attached hydrogen (secondary N) is 1. The third-order valence-electron chi connectivity index (χ3n) is 7.01. The second-order valence-corrected chi connectivity index (χ2v) is 8.84. The highest BCUT2D eigenvalue weighted by molar-refractivity contribution is 5.78.